The quantitative estimate of drug-likeness (QED) is 0.245. The molecule has 40 heavy (non-hydrogen) atoms. The van der Waals surface area contributed by atoms with Crippen LogP contribution in [0.2, 0.25) is 0 Å². The number of amides is 1. The minimum Gasteiger partial charge on any atom is -0.383 e. The fourth-order valence-corrected chi connectivity index (χ4v) is 7.28. The molecule has 1 aliphatic rings. The van der Waals surface area contributed by atoms with Gasteiger partial charge >= 0.3 is 0 Å². The maximum absolute atomic E-state index is 15.5. The number of halogens is 1. The topological polar surface area (TPSA) is 134 Å². The fourth-order valence-electron chi connectivity index (χ4n) is 4.88. The molecule has 208 valence electrons. The first-order valence-electron chi connectivity index (χ1n) is 12.3. The van der Waals surface area contributed by atoms with E-state index in [1.807, 2.05) is 35.9 Å². The summed E-state index contributed by atoms with van der Waals surface area (Å²) in [5, 5.41) is 3.33. The van der Waals surface area contributed by atoms with E-state index in [4.69, 9.17) is 15.2 Å². The number of benzene rings is 2. The van der Waals surface area contributed by atoms with Crippen LogP contribution in [0.15, 0.2) is 65.8 Å². The third-order valence-corrected chi connectivity index (χ3v) is 9.32. The molecule has 10 nitrogen and oxygen atoms in total. The number of carbonyl (C=O) groups excluding carboxylic acids is 1. The van der Waals surface area contributed by atoms with Crippen molar-refractivity contribution in [1.29, 1.82) is 0 Å². The molecule has 4 aromatic rings. The third kappa shape index (κ3) is 4.85. The molecular weight excluding hydrogens is 535 g/mol. The van der Waals surface area contributed by atoms with Gasteiger partial charge in [-0.1, -0.05) is 36.9 Å². The van der Waals surface area contributed by atoms with Crippen molar-refractivity contribution in [3.05, 3.63) is 72.8 Å². The summed E-state index contributed by atoms with van der Waals surface area (Å²) < 4.78 is 45.3. The van der Waals surface area contributed by atoms with E-state index in [0.717, 1.165) is 16.8 Å². The summed E-state index contributed by atoms with van der Waals surface area (Å²) in [6.45, 7) is 3.81. The van der Waals surface area contributed by atoms with E-state index in [9.17, 15) is 9.00 Å². The summed E-state index contributed by atoms with van der Waals surface area (Å²) >= 11 is 0. The summed E-state index contributed by atoms with van der Waals surface area (Å²) in [6.07, 6.45) is 2.60. The van der Waals surface area contributed by atoms with Crippen molar-refractivity contribution in [1.82, 2.24) is 19.9 Å². The summed E-state index contributed by atoms with van der Waals surface area (Å²) in [4.78, 5) is 20.1. The van der Waals surface area contributed by atoms with Gasteiger partial charge < -0.3 is 25.1 Å². The number of nitrogens with zero attached hydrogens (tertiary/aromatic N) is 4. The highest BCUT2D eigenvalue weighted by atomic mass is 32.2. The molecule has 1 saturated heterocycles. The number of aromatic nitrogens is 3. The van der Waals surface area contributed by atoms with E-state index in [2.05, 4.69) is 26.2 Å². The summed E-state index contributed by atoms with van der Waals surface area (Å²) in [5.41, 5.74) is 10.5. The number of hydrogen-bond acceptors (Lipinski definition) is 8. The Kier molecular flexibility index (Phi) is 7.17. The van der Waals surface area contributed by atoms with Gasteiger partial charge in [-0.15, -0.1) is 0 Å². The van der Waals surface area contributed by atoms with Crippen LogP contribution in [0.3, 0.4) is 0 Å². The Balaban J connectivity index is 1.58. The van der Waals surface area contributed by atoms with E-state index in [1.54, 1.807) is 6.07 Å². The van der Waals surface area contributed by atoms with Crippen LogP contribution in [0.1, 0.15) is 5.56 Å². The number of hydrogen-bond donors (Lipinski definition) is 2. The molecule has 2 aromatic carbocycles. The Labute approximate surface area is 231 Å². The highest BCUT2D eigenvalue weighted by molar-refractivity contribution is 7.95. The number of nitrogens with two attached hydrogens (primary N) is 1. The lowest BCUT2D eigenvalue weighted by Gasteiger charge is -2.40. The van der Waals surface area contributed by atoms with Gasteiger partial charge in [0.25, 0.3) is 0 Å². The van der Waals surface area contributed by atoms with Crippen LogP contribution in [0.25, 0.3) is 33.4 Å². The fraction of sp³-hybridized carbons (Fsp3) is 0.250. The lowest BCUT2D eigenvalue weighted by molar-refractivity contribution is -0.182. The first-order valence-corrected chi connectivity index (χ1v) is 14.2. The van der Waals surface area contributed by atoms with Gasteiger partial charge in [-0.3, -0.25) is 4.79 Å². The van der Waals surface area contributed by atoms with E-state index in [-0.39, 0.29) is 28.9 Å². The maximum atomic E-state index is 15.5. The van der Waals surface area contributed by atoms with Crippen molar-refractivity contribution in [2.24, 2.45) is 11.4 Å². The zero-order chi connectivity index (χ0) is 28.7. The molecule has 1 amide bonds. The summed E-state index contributed by atoms with van der Waals surface area (Å²) in [6, 6.07) is 12.2. The minimum atomic E-state index is -2.72. The lowest BCUT2D eigenvalue weighted by atomic mass is 9.98. The highest BCUT2D eigenvalue weighted by Gasteiger charge is 2.48. The second-order valence-electron chi connectivity index (χ2n) is 9.50. The Bertz CT molecular complexity index is 1740. The molecule has 0 aliphatic carbocycles. The van der Waals surface area contributed by atoms with Crippen molar-refractivity contribution in [3.8, 4) is 22.4 Å². The number of carbonyl (C=O) groups is 1. The molecule has 5 rings (SSSR count). The second-order valence-corrected chi connectivity index (χ2v) is 11.8. The first-order chi connectivity index (χ1) is 19.1. The minimum absolute atomic E-state index is 0.00788. The van der Waals surface area contributed by atoms with Crippen molar-refractivity contribution in [2.45, 2.75) is 12.3 Å². The summed E-state index contributed by atoms with van der Waals surface area (Å²) in [7, 11) is 2.08. The normalized spacial score (nSPS) is 15.4. The average molecular weight is 565 g/mol. The van der Waals surface area contributed by atoms with Crippen molar-refractivity contribution < 1.29 is 22.9 Å². The number of rotatable bonds is 8. The Morgan fingerprint density at radius 3 is 2.50 bits per heavy atom. The molecule has 3 N–H and O–H groups in total. The number of nitrogen functional groups attached to an aromatic ring is 1. The van der Waals surface area contributed by atoms with Crippen LogP contribution in [0, 0.1) is 5.82 Å². The molecule has 0 spiro atoms. The smallest absolute Gasteiger partial charge is 0.243 e. The van der Waals surface area contributed by atoms with E-state index in [0.29, 0.717) is 28.7 Å². The van der Waals surface area contributed by atoms with E-state index >= 15 is 4.39 Å². The number of fused-ring (bicyclic) bond motifs is 1. The number of anilines is 1. The molecule has 0 unspecified atom stereocenters. The van der Waals surface area contributed by atoms with Crippen molar-refractivity contribution in [2.75, 3.05) is 31.5 Å². The second kappa shape index (κ2) is 10.5. The molecule has 1 fully saturated rings. The van der Waals surface area contributed by atoms with Gasteiger partial charge in [-0.25, -0.2) is 18.6 Å². The van der Waals surface area contributed by atoms with Crippen molar-refractivity contribution >= 4 is 38.2 Å². The Morgan fingerprint density at radius 1 is 1.20 bits per heavy atom. The number of aryl methyl sites for hydroxylation is 1. The standard InChI is InChI=1S/C28H29FN6O4S/c1-5-22(36)31-13-17-6-8-18(9-7-17)25-23(24-26(30)32-16-33-27(24)35(25)2)19-10-11-21(20(29)12-19)34-40(37)14-28(15-40,38-3)39-4/h5-12,16H,1,13-15H2,2-4H3,(H,31,36)(H2,30,32,33). The van der Waals surface area contributed by atoms with Crippen molar-refractivity contribution in [3.63, 3.8) is 0 Å². The molecule has 2 aromatic heterocycles. The molecule has 3 heterocycles. The van der Waals surface area contributed by atoms with Gasteiger partial charge in [0.05, 0.1) is 32.3 Å². The predicted octanol–water partition coefficient (Wildman–Crippen LogP) is 3.93. The van der Waals surface area contributed by atoms with Crippen LogP contribution in [0.4, 0.5) is 15.9 Å². The molecule has 0 bridgehead atoms. The third-order valence-electron chi connectivity index (χ3n) is 7.01. The van der Waals surface area contributed by atoms with Gasteiger partial charge in [-0.2, -0.15) is 4.36 Å². The average Bonchev–Trinajstić information content (AvgIpc) is 3.24. The monoisotopic (exact) mass is 564 g/mol. The SMILES string of the molecule is C=CC(=O)NCc1ccc(-c2c(-c3ccc(N=S4(=O)CC(OC)(OC)C4)c(F)c3)c3c(N)ncnc3n2C)cc1. The van der Waals surface area contributed by atoms with Crippen LogP contribution >= 0.6 is 0 Å². The van der Waals surface area contributed by atoms with Crippen LogP contribution in [0.5, 0.6) is 0 Å². The van der Waals surface area contributed by atoms with E-state index < -0.39 is 21.3 Å². The van der Waals surface area contributed by atoms with E-state index in [1.165, 1.54) is 38.8 Å². The van der Waals surface area contributed by atoms with Crippen LogP contribution in [-0.2, 0) is 37.6 Å². The largest absolute Gasteiger partial charge is 0.383 e. The number of ether oxygens (including phenoxy) is 2. The first kappa shape index (κ1) is 27.4. The summed E-state index contributed by atoms with van der Waals surface area (Å²) in [5.74, 6) is -1.47. The molecule has 0 saturated carbocycles. The number of nitrogens with one attached hydrogen (secondary N) is 1. The van der Waals surface area contributed by atoms with Crippen LogP contribution < -0.4 is 11.1 Å². The van der Waals surface area contributed by atoms with Gasteiger partial charge in [0, 0.05) is 33.4 Å². The maximum Gasteiger partial charge on any atom is 0.243 e. The van der Waals surface area contributed by atoms with Crippen LogP contribution in [-0.4, -0.2) is 56.2 Å². The van der Waals surface area contributed by atoms with Gasteiger partial charge in [0.2, 0.25) is 5.91 Å². The molecule has 12 heteroatoms. The number of methoxy groups -OCH3 is 2. The Morgan fingerprint density at radius 2 is 1.88 bits per heavy atom. The highest BCUT2D eigenvalue weighted by Crippen LogP contribution is 2.43. The van der Waals surface area contributed by atoms with Gasteiger partial charge in [0.1, 0.15) is 29.3 Å². The molecule has 0 radical (unpaired) electrons. The molecular formula is C28H29FN6O4S. The zero-order valence-corrected chi connectivity index (χ0v) is 23.1. The van der Waals surface area contributed by atoms with Gasteiger partial charge in [-0.05, 0) is 34.9 Å². The Hall–Kier alpha value is -4.13. The zero-order valence-electron chi connectivity index (χ0n) is 22.3. The predicted molar refractivity (Wildman–Crippen MR) is 153 cm³/mol. The van der Waals surface area contributed by atoms with Gasteiger partial charge in [0.15, 0.2) is 5.79 Å². The molecule has 0 atom stereocenters. The molecule has 1 aliphatic heterocycles. The lowest BCUT2D eigenvalue weighted by Crippen LogP contribution is -2.57.